The molecule has 0 atom stereocenters. The van der Waals surface area contributed by atoms with Crippen molar-refractivity contribution in [1.82, 2.24) is 0 Å². The zero-order valence-electron chi connectivity index (χ0n) is 12.4. The first-order valence-electron chi connectivity index (χ1n) is 6.84. The normalized spacial score (nSPS) is 10.3. The third-order valence-electron chi connectivity index (χ3n) is 2.87. The van der Waals surface area contributed by atoms with Gasteiger partial charge in [-0.25, -0.2) is 4.79 Å². The highest BCUT2D eigenvalue weighted by Crippen LogP contribution is 2.26. The Morgan fingerprint density at radius 1 is 1.27 bits per heavy atom. The van der Waals surface area contributed by atoms with Gasteiger partial charge < -0.3 is 10.1 Å². The number of carbonyl (C=O) groups excluding carboxylic acids is 2. The van der Waals surface area contributed by atoms with Crippen LogP contribution in [0.3, 0.4) is 0 Å². The van der Waals surface area contributed by atoms with Gasteiger partial charge in [-0.2, -0.15) is 0 Å². The quantitative estimate of drug-likeness (QED) is 0.641. The fourth-order valence-corrected chi connectivity index (χ4v) is 3.42. The molecule has 1 amide bonds. The van der Waals surface area contributed by atoms with Gasteiger partial charge in [0.1, 0.15) is 5.00 Å². The van der Waals surface area contributed by atoms with E-state index in [2.05, 4.69) is 5.32 Å². The van der Waals surface area contributed by atoms with Crippen molar-refractivity contribution in [1.29, 1.82) is 0 Å². The van der Waals surface area contributed by atoms with Gasteiger partial charge in [-0.05, 0) is 36.9 Å². The molecular weight excluding hydrogens is 318 g/mol. The maximum atomic E-state index is 12.1. The van der Waals surface area contributed by atoms with Crippen molar-refractivity contribution in [3.63, 3.8) is 0 Å². The van der Waals surface area contributed by atoms with E-state index in [0.717, 1.165) is 10.5 Å². The van der Waals surface area contributed by atoms with Crippen LogP contribution in [0.25, 0.3) is 0 Å². The van der Waals surface area contributed by atoms with Crippen molar-refractivity contribution in [2.24, 2.45) is 0 Å². The van der Waals surface area contributed by atoms with Gasteiger partial charge in [0.05, 0.1) is 17.9 Å². The van der Waals surface area contributed by atoms with Crippen molar-refractivity contribution >= 4 is 40.0 Å². The summed E-state index contributed by atoms with van der Waals surface area (Å²) >= 11 is 2.79. The summed E-state index contributed by atoms with van der Waals surface area (Å²) in [6.07, 6.45) is 0. The van der Waals surface area contributed by atoms with E-state index in [9.17, 15) is 9.59 Å². The molecule has 0 radical (unpaired) electrons. The summed E-state index contributed by atoms with van der Waals surface area (Å²) in [5, 5.41) is 5.07. The number of benzene rings is 1. The highest BCUT2D eigenvalue weighted by Gasteiger charge is 2.16. The molecule has 0 bridgehead atoms. The molecule has 22 heavy (non-hydrogen) atoms. The predicted molar refractivity (Wildman–Crippen MR) is 90.8 cm³/mol. The van der Waals surface area contributed by atoms with E-state index in [1.54, 1.807) is 18.4 Å². The van der Waals surface area contributed by atoms with Crippen LogP contribution >= 0.6 is 23.1 Å². The van der Waals surface area contributed by atoms with Gasteiger partial charge >= 0.3 is 5.97 Å². The van der Waals surface area contributed by atoms with Crippen LogP contribution in [0.5, 0.6) is 0 Å². The summed E-state index contributed by atoms with van der Waals surface area (Å²) < 4.78 is 4.96. The molecule has 0 unspecified atom stereocenters. The Hall–Kier alpha value is -1.79. The van der Waals surface area contributed by atoms with Gasteiger partial charge in [-0.15, -0.1) is 23.1 Å². The molecule has 1 heterocycles. The van der Waals surface area contributed by atoms with Crippen molar-refractivity contribution in [2.75, 3.05) is 17.7 Å². The number of hydrogen-bond donors (Lipinski definition) is 1. The highest BCUT2D eigenvalue weighted by atomic mass is 32.2. The number of hydrogen-bond acceptors (Lipinski definition) is 5. The lowest BCUT2D eigenvalue weighted by molar-refractivity contribution is -0.113. The predicted octanol–water partition coefficient (Wildman–Crippen LogP) is 3.96. The summed E-state index contributed by atoms with van der Waals surface area (Å²) in [4.78, 5) is 24.9. The highest BCUT2D eigenvalue weighted by molar-refractivity contribution is 8.00. The topological polar surface area (TPSA) is 55.4 Å². The number of thiophene rings is 1. The van der Waals surface area contributed by atoms with Gasteiger partial charge in [0.25, 0.3) is 0 Å². The van der Waals surface area contributed by atoms with E-state index in [1.807, 2.05) is 31.2 Å². The molecule has 1 aromatic carbocycles. The molecule has 116 valence electrons. The summed E-state index contributed by atoms with van der Waals surface area (Å²) in [5.74, 6) is -0.253. The molecule has 0 fully saturated rings. The van der Waals surface area contributed by atoms with E-state index in [1.165, 1.54) is 23.1 Å². The first-order chi connectivity index (χ1) is 10.6. The molecule has 2 aromatic rings. The SMILES string of the molecule is CCOC(=O)c1ccsc1NC(=O)CSc1ccccc1C. The average Bonchev–Trinajstić information content (AvgIpc) is 2.95. The van der Waals surface area contributed by atoms with Crippen LogP contribution in [0.2, 0.25) is 0 Å². The van der Waals surface area contributed by atoms with Crippen LogP contribution in [0.1, 0.15) is 22.8 Å². The van der Waals surface area contributed by atoms with Gasteiger partial charge in [0.2, 0.25) is 5.91 Å². The van der Waals surface area contributed by atoms with Crippen molar-refractivity contribution in [3.8, 4) is 0 Å². The minimum Gasteiger partial charge on any atom is -0.462 e. The fraction of sp³-hybridized carbons (Fsp3) is 0.250. The van der Waals surface area contributed by atoms with Crippen LogP contribution in [0.15, 0.2) is 40.6 Å². The third kappa shape index (κ3) is 4.35. The second-order valence-electron chi connectivity index (χ2n) is 4.49. The number of carbonyl (C=O) groups is 2. The third-order valence-corrected chi connectivity index (χ3v) is 4.87. The number of rotatable bonds is 6. The van der Waals surface area contributed by atoms with Gasteiger partial charge in [-0.1, -0.05) is 18.2 Å². The van der Waals surface area contributed by atoms with E-state index in [0.29, 0.717) is 22.9 Å². The van der Waals surface area contributed by atoms with E-state index >= 15 is 0 Å². The van der Waals surface area contributed by atoms with Crippen LogP contribution in [-0.4, -0.2) is 24.2 Å². The minimum absolute atomic E-state index is 0.138. The number of esters is 1. The first-order valence-corrected chi connectivity index (χ1v) is 8.71. The Kier molecular flexibility index (Phi) is 6.03. The molecule has 2 rings (SSSR count). The lowest BCUT2D eigenvalue weighted by atomic mass is 10.2. The molecule has 0 aliphatic heterocycles. The zero-order chi connectivity index (χ0) is 15.9. The molecule has 0 saturated carbocycles. The molecule has 0 aliphatic carbocycles. The van der Waals surface area contributed by atoms with E-state index < -0.39 is 5.97 Å². The Morgan fingerprint density at radius 3 is 2.77 bits per heavy atom. The minimum atomic E-state index is -0.411. The number of thioether (sulfide) groups is 1. The van der Waals surface area contributed by atoms with Gasteiger partial charge in [-0.3, -0.25) is 4.79 Å². The van der Waals surface area contributed by atoms with Crippen molar-refractivity contribution < 1.29 is 14.3 Å². The van der Waals surface area contributed by atoms with Crippen molar-refractivity contribution in [3.05, 3.63) is 46.8 Å². The first kappa shape index (κ1) is 16.6. The standard InChI is InChI=1S/C16H17NO3S2/c1-3-20-16(19)12-8-9-21-15(12)17-14(18)10-22-13-7-5-4-6-11(13)2/h4-9H,3,10H2,1-2H3,(H,17,18). The Bertz CT molecular complexity index is 667. The number of amides is 1. The molecule has 0 spiro atoms. The Labute approximate surface area is 137 Å². The molecule has 4 nitrogen and oxygen atoms in total. The maximum absolute atomic E-state index is 12.1. The largest absolute Gasteiger partial charge is 0.462 e. The van der Waals surface area contributed by atoms with Crippen LogP contribution in [-0.2, 0) is 9.53 Å². The van der Waals surface area contributed by atoms with Gasteiger partial charge in [0.15, 0.2) is 0 Å². The number of aryl methyl sites for hydroxylation is 1. The fourth-order valence-electron chi connectivity index (χ4n) is 1.80. The number of nitrogens with one attached hydrogen (secondary N) is 1. The summed E-state index contributed by atoms with van der Waals surface area (Å²) in [6.45, 7) is 4.07. The molecule has 0 aliphatic rings. The van der Waals surface area contributed by atoms with Crippen LogP contribution in [0.4, 0.5) is 5.00 Å². The number of anilines is 1. The molecular formula is C16H17NO3S2. The molecule has 1 aromatic heterocycles. The smallest absolute Gasteiger partial charge is 0.341 e. The van der Waals surface area contributed by atoms with E-state index in [4.69, 9.17) is 4.74 Å². The maximum Gasteiger partial charge on any atom is 0.341 e. The number of ether oxygens (including phenoxy) is 1. The molecule has 0 saturated heterocycles. The van der Waals surface area contributed by atoms with Crippen molar-refractivity contribution in [2.45, 2.75) is 18.7 Å². The Balaban J connectivity index is 1.94. The summed E-state index contributed by atoms with van der Waals surface area (Å²) in [5.41, 5.74) is 1.55. The molecule has 6 heteroatoms. The molecule has 1 N–H and O–H groups in total. The second kappa shape index (κ2) is 8.00. The van der Waals surface area contributed by atoms with Crippen LogP contribution in [0, 0.1) is 6.92 Å². The summed E-state index contributed by atoms with van der Waals surface area (Å²) in [7, 11) is 0. The average molecular weight is 335 g/mol. The Morgan fingerprint density at radius 2 is 2.05 bits per heavy atom. The monoisotopic (exact) mass is 335 g/mol. The lowest BCUT2D eigenvalue weighted by Gasteiger charge is -2.07. The summed E-state index contributed by atoms with van der Waals surface area (Å²) in [6, 6.07) is 9.58. The lowest BCUT2D eigenvalue weighted by Crippen LogP contribution is -2.16. The van der Waals surface area contributed by atoms with Crippen LogP contribution < -0.4 is 5.32 Å². The van der Waals surface area contributed by atoms with E-state index in [-0.39, 0.29) is 5.91 Å². The zero-order valence-corrected chi connectivity index (χ0v) is 14.1. The second-order valence-corrected chi connectivity index (χ2v) is 6.42. The van der Waals surface area contributed by atoms with Gasteiger partial charge in [0, 0.05) is 4.90 Å².